The number of nitrogens with zero attached hydrogens (tertiary/aromatic N) is 2. The van der Waals surface area contributed by atoms with Crippen molar-refractivity contribution in [1.82, 2.24) is 9.80 Å². The van der Waals surface area contributed by atoms with E-state index in [9.17, 15) is 14.7 Å². The maximum atomic E-state index is 12.5. The van der Waals surface area contributed by atoms with Crippen LogP contribution in [0.5, 0.6) is 0 Å². The summed E-state index contributed by atoms with van der Waals surface area (Å²) < 4.78 is 0. The van der Waals surface area contributed by atoms with Gasteiger partial charge in [0.2, 0.25) is 0 Å². The van der Waals surface area contributed by atoms with Crippen molar-refractivity contribution < 1.29 is 14.7 Å². The highest BCUT2D eigenvalue weighted by Crippen LogP contribution is 2.24. The SMILES string of the molecule is CCN(C(=O)N(C)C(C)(C)C(=O)O)C1CCCCC1. The van der Waals surface area contributed by atoms with Crippen molar-refractivity contribution in [2.24, 2.45) is 0 Å². The monoisotopic (exact) mass is 270 g/mol. The summed E-state index contributed by atoms with van der Waals surface area (Å²) in [5.74, 6) is -0.983. The smallest absolute Gasteiger partial charge is 0.329 e. The molecule has 0 bridgehead atoms. The van der Waals surface area contributed by atoms with Crippen molar-refractivity contribution in [3.05, 3.63) is 0 Å². The van der Waals surface area contributed by atoms with Crippen LogP contribution in [0.4, 0.5) is 4.79 Å². The summed E-state index contributed by atoms with van der Waals surface area (Å²) in [5, 5.41) is 9.21. The van der Waals surface area contributed by atoms with E-state index in [1.807, 2.05) is 11.8 Å². The number of rotatable bonds is 4. The van der Waals surface area contributed by atoms with E-state index in [4.69, 9.17) is 0 Å². The number of aliphatic carboxylic acids is 1. The lowest BCUT2D eigenvalue weighted by atomic mass is 9.94. The maximum Gasteiger partial charge on any atom is 0.329 e. The molecular formula is C14H26N2O3. The van der Waals surface area contributed by atoms with Crippen LogP contribution in [0.3, 0.4) is 0 Å². The minimum Gasteiger partial charge on any atom is -0.480 e. The number of carbonyl (C=O) groups excluding carboxylic acids is 1. The fraction of sp³-hybridized carbons (Fsp3) is 0.857. The summed E-state index contributed by atoms with van der Waals surface area (Å²) in [5.41, 5.74) is -1.18. The Bertz CT molecular complexity index is 336. The first kappa shape index (κ1) is 15.8. The first-order chi connectivity index (χ1) is 8.82. The summed E-state index contributed by atoms with van der Waals surface area (Å²) in [6.45, 7) is 5.70. The predicted molar refractivity (Wildman–Crippen MR) is 74.1 cm³/mol. The Morgan fingerprint density at radius 1 is 1.21 bits per heavy atom. The Morgan fingerprint density at radius 2 is 1.74 bits per heavy atom. The van der Waals surface area contributed by atoms with Crippen LogP contribution >= 0.6 is 0 Å². The zero-order valence-corrected chi connectivity index (χ0v) is 12.5. The molecule has 19 heavy (non-hydrogen) atoms. The second-order valence-electron chi connectivity index (χ2n) is 5.78. The van der Waals surface area contributed by atoms with Crippen LogP contribution < -0.4 is 0 Å². The van der Waals surface area contributed by atoms with Crippen LogP contribution in [0.15, 0.2) is 0 Å². The topological polar surface area (TPSA) is 60.9 Å². The molecule has 5 nitrogen and oxygen atoms in total. The van der Waals surface area contributed by atoms with Gasteiger partial charge in [0.1, 0.15) is 5.54 Å². The van der Waals surface area contributed by atoms with E-state index >= 15 is 0 Å². The zero-order valence-electron chi connectivity index (χ0n) is 12.5. The molecule has 0 aromatic carbocycles. The normalized spacial score (nSPS) is 17.1. The molecule has 0 unspecified atom stereocenters. The van der Waals surface area contributed by atoms with Gasteiger partial charge < -0.3 is 14.9 Å². The largest absolute Gasteiger partial charge is 0.480 e. The number of hydrogen-bond donors (Lipinski definition) is 1. The second kappa shape index (κ2) is 6.26. The minimum absolute atomic E-state index is 0.179. The van der Waals surface area contributed by atoms with Gasteiger partial charge in [0.25, 0.3) is 0 Å². The van der Waals surface area contributed by atoms with Gasteiger partial charge in [-0.3, -0.25) is 0 Å². The second-order valence-corrected chi connectivity index (χ2v) is 5.78. The highest BCUT2D eigenvalue weighted by atomic mass is 16.4. The number of carboxylic acids is 1. The van der Waals surface area contributed by atoms with E-state index in [2.05, 4.69) is 0 Å². The molecule has 0 heterocycles. The van der Waals surface area contributed by atoms with Gasteiger partial charge in [-0.2, -0.15) is 0 Å². The molecule has 0 radical (unpaired) electrons. The van der Waals surface area contributed by atoms with Crippen LogP contribution in [0.25, 0.3) is 0 Å². The molecule has 0 aliphatic heterocycles. The molecule has 1 aliphatic rings. The molecule has 1 fully saturated rings. The van der Waals surface area contributed by atoms with Crippen LogP contribution in [0.2, 0.25) is 0 Å². The quantitative estimate of drug-likeness (QED) is 0.854. The lowest BCUT2D eigenvalue weighted by Gasteiger charge is -2.40. The standard InChI is InChI=1S/C14H26N2O3/c1-5-16(11-9-7-6-8-10-11)13(19)15(4)14(2,3)12(17)18/h11H,5-10H2,1-4H3,(H,17,18). The zero-order chi connectivity index (χ0) is 14.6. The molecule has 110 valence electrons. The number of carbonyl (C=O) groups is 2. The molecule has 1 aliphatic carbocycles. The summed E-state index contributed by atoms with van der Waals surface area (Å²) >= 11 is 0. The van der Waals surface area contributed by atoms with Gasteiger partial charge in [-0.05, 0) is 33.6 Å². The number of carboxylic acid groups (broad SMARTS) is 1. The van der Waals surface area contributed by atoms with E-state index in [-0.39, 0.29) is 12.1 Å². The third kappa shape index (κ3) is 3.39. The molecule has 2 amide bonds. The summed E-state index contributed by atoms with van der Waals surface area (Å²) in [4.78, 5) is 26.9. The minimum atomic E-state index is -1.18. The fourth-order valence-corrected chi connectivity index (χ4v) is 2.52. The Balaban J connectivity index is 2.80. The van der Waals surface area contributed by atoms with Gasteiger partial charge in [-0.15, -0.1) is 0 Å². The van der Waals surface area contributed by atoms with Crippen molar-refractivity contribution in [3.8, 4) is 0 Å². The van der Waals surface area contributed by atoms with Crippen LogP contribution in [0, 0.1) is 0 Å². The fourth-order valence-electron chi connectivity index (χ4n) is 2.52. The first-order valence-electron chi connectivity index (χ1n) is 7.10. The van der Waals surface area contributed by atoms with Crippen LogP contribution in [-0.2, 0) is 4.79 Å². The number of hydrogen-bond acceptors (Lipinski definition) is 2. The third-order valence-electron chi connectivity index (χ3n) is 4.25. The Kier molecular flexibility index (Phi) is 5.20. The molecule has 1 saturated carbocycles. The molecule has 0 aromatic rings. The summed E-state index contributed by atoms with van der Waals surface area (Å²) in [7, 11) is 1.57. The molecule has 0 saturated heterocycles. The molecule has 0 atom stereocenters. The van der Waals surface area contributed by atoms with Crippen molar-refractivity contribution in [1.29, 1.82) is 0 Å². The molecule has 5 heteroatoms. The molecular weight excluding hydrogens is 244 g/mol. The van der Waals surface area contributed by atoms with E-state index in [1.54, 1.807) is 20.9 Å². The lowest BCUT2D eigenvalue weighted by Crippen LogP contribution is -2.57. The van der Waals surface area contributed by atoms with Crippen molar-refractivity contribution in [3.63, 3.8) is 0 Å². The van der Waals surface area contributed by atoms with Gasteiger partial charge in [0.05, 0.1) is 0 Å². The van der Waals surface area contributed by atoms with E-state index in [0.717, 1.165) is 25.7 Å². The average Bonchev–Trinajstić information content (AvgIpc) is 2.39. The molecule has 0 spiro atoms. The van der Waals surface area contributed by atoms with E-state index in [1.165, 1.54) is 11.3 Å². The maximum absolute atomic E-state index is 12.5. The van der Waals surface area contributed by atoms with Gasteiger partial charge in [0.15, 0.2) is 0 Å². The highest BCUT2D eigenvalue weighted by Gasteiger charge is 2.38. The highest BCUT2D eigenvalue weighted by molar-refractivity contribution is 5.85. The Morgan fingerprint density at radius 3 is 2.16 bits per heavy atom. The average molecular weight is 270 g/mol. The number of urea groups is 1. The lowest BCUT2D eigenvalue weighted by molar-refractivity contribution is -0.147. The predicted octanol–water partition coefficient (Wildman–Crippen LogP) is 2.56. The van der Waals surface area contributed by atoms with Gasteiger partial charge in [-0.1, -0.05) is 19.3 Å². The van der Waals surface area contributed by atoms with Gasteiger partial charge in [-0.25, -0.2) is 9.59 Å². The molecule has 1 rings (SSSR count). The third-order valence-corrected chi connectivity index (χ3v) is 4.25. The molecule has 0 aromatic heterocycles. The van der Waals surface area contributed by atoms with Crippen LogP contribution in [-0.4, -0.2) is 52.1 Å². The van der Waals surface area contributed by atoms with Crippen molar-refractivity contribution >= 4 is 12.0 Å². The summed E-state index contributed by atoms with van der Waals surface area (Å²) in [6, 6.07) is 0.0834. The van der Waals surface area contributed by atoms with E-state index < -0.39 is 11.5 Å². The van der Waals surface area contributed by atoms with Gasteiger partial charge >= 0.3 is 12.0 Å². The van der Waals surface area contributed by atoms with Crippen molar-refractivity contribution in [2.45, 2.75) is 64.5 Å². The van der Waals surface area contributed by atoms with E-state index in [0.29, 0.717) is 6.54 Å². The van der Waals surface area contributed by atoms with Crippen molar-refractivity contribution in [2.75, 3.05) is 13.6 Å². The van der Waals surface area contributed by atoms with Crippen LogP contribution in [0.1, 0.15) is 52.9 Å². The number of amides is 2. The molecule has 1 N–H and O–H groups in total. The Hall–Kier alpha value is -1.26. The summed E-state index contributed by atoms with van der Waals surface area (Å²) in [6.07, 6.45) is 5.60. The Labute approximate surface area is 115 Å². The van der Waals surface area contributed by atoms with Gasteiger partial charge in [0, 0.05) is 19.6 Å². The number of likely N-dealkylation sites (N-methyl/N-ethyl adjacent to an activating group) is 1. The first-order valence-corrected chi connectivity index (χ1v) is 7.10.